The molecule has 0 heterocycles. The predicted molar refractivity (Wildman–Crippen MR) is 151 cm³/mol. The van der Waals surface area contributed by atoms with E-state index >= 15 is 0 Å². The van der Waals surface area contributed by atoms with E-state index in [4.69, 9.17) is 0 Å². The number of nitrogens with one attached hydrogen (secondary N) is 1. The van der Waals surface area contributed by atoms with Crippen LogP contribution < -0.4 is 9.62 Å². The van der Waals surface area contributed by atoms with Gasteiger partial charge in [0.1, 0.15) is 12.6 Å². The van der Waals surface area contributed by atoms with Gasteiger partial charge in [-0.3, -0.25) is 13.9 Å². The summed E-state index contributed by atoms with van der Waals surface area (Å²) in [6.45, 7) is 7.83. The van der Waals surface area contributed by atoms with Crippen LogP contribution in [-0.2, 0) is 26.2 Å². The van der Waals surface area contributed by atoms with Crippen LogP contribution in [0.4, 0.5) is 5.69 Å². The molecule has 38 heavy (non-hydrogen) atoms. The molecule has 7 nitrogen and oxygen atoms in total. The van der Waals surface area contributed by atoms with E-state index in [0.717, 1.165) is 33.8 Å². The van der Waals surface area contributed by atoms with Crippen molar-refractivity contribution in [2.75, 3.05) is 17.4 Å². The van der Waals surface area contributed by atoms with Crippen LogP contribution in [0.2, 0.25) is 0 Å². The van der Waals surface area contributed by atoms with Gasteiger partial charge >= 0.3 is 0 Å². The third-order valence-corrected chi connectivity index (χ3v) is 8.32. The first-order valence-corrected chi connectivity index (χ1v) is 14.3. The van der Waals surface area contributed by atoms with Gasteiger partial charge in [-0.2, -0.15) is 0 Å². The molecule has 1 N–H and O–H groups in total. The average molecular weight is 536 g/mol. The molecule has 1 unspecified atom stereocenters. The van der Waals surface area contributed by atoms with E-state index in [1.807, 2.05) is 57.2 Å². The zero-order valence-corrected chi connectivity index (χ0v) is 23.4. The van der Waals surface area contributed by atoms with E-state index in [9.17, 15) is 18.0 Å². The number of hydrogen-bond acceptors (Lipinski definition) is 4. The topological polar surface area (TPSA) is 86.8 Å². The summed E-state index contributed by atoms with van der Waals surface area (Å²) in [5.41, 5.74) is 3.22. The molecule has 0 bridgehead atoms. The van der Waals surface area contributed by atoms with Crippen LogP contribution in [-0.4, -0.2) is 44.3 Å². The molecule has 2 amide bonds. The molecule has 0 aliphatic carbocycles. The molecule has 1 atom stereocenters. The van der Waals surface area contributed by atoms with Gasteiger partial charge in [0.25, 0.3) is 10.0 Å². The predicted octanol–water partition coefficient (Wildman–Crippen LogP) is 4.83. The zero-order chi connectivity index (χ0) is 27.7. The molecule has 0 aromatic heterocycles. The molecular weight excluding hydrogens is 498 g/mol. The van der Waals surface area contributed by atoms with Crippen molar-refractivity contribution in [3.8, 4) is 0 Å². The molecule has 0 fully saturated rings. The Labute approximate surface area is 226 Å². The molecule has 0 spiro atoms. The Hall–Kier alpha value is -3.65. The largest absolute Gasteiger partial charge is 0.354 e. The van der Waals surface area contributed by atoms with Crippen LogP contribution >= 0.6 is 0 Å². The van der Waals surface area contributed by atoms with Crippen molar-refractivity contribution >= 4 is 27.5 Å². The SMILES string of the molecule is CCCCNC(=O)C(C)N(Cc1ccccc1C)C(=O)CN(c1ccc(C)cc1)S(=O)(=O)c1ccccc1. The maximum atomic E-state index is 13.9. The van der Waals surface area contributed by atoms with E-state index in [1.165, 1.54) is 17.0 Å². The monoisotopic (exact) mass is 535 g/mol. The van der Waals surface area contributed by atoms with E-state index < -0.39 is 28.5 Å². The van der Waals surface area contributed by atoms with Gasteiger partial charge in [-0.1, -0.05) is 73.5 Å². The van der Waals surface area contributed by atoms with Crippen LogP contribution in [0, 0.1) is 13.8 Å². The Bertz CT molecular complexity index is 1330. The summed E-state index contributed by atoms with van der Waals surface area (Å²) in [5.74, 6) is -0.736. The fourth-order valence-electron chi connectivity index (χ4n) is 4.05. The Morgan fingerprint density at radius 1 is 0.895 bits per heavy atom. The lowest BCUT2D eigenvalue weighted by Gasteiger charge is -2.32. The summed E-state index contributed by atoms with van der Waals surface area (Å²) in [6, 6.07) is 21.9. The molecule has 202 valence electrons. The van der Waals surface area contributed by atoms with Crippen LogP contribution in [0.5, 0.6) is 0 Å². The lowest BCUT2D eigenvalue weighted by atomic mass is 10.1. The lowest BCUT2D eigenvalue weighted by molar-refractivity contribution is -0.139. The quantitative estimate of drug-likeness (QED) is 0.337. The summed E-state index contributed by atoms with van der Waals surface area (Å²) in [7, 11) is -4.05. The maximum Gasteiger partial charge on any atom is 0.264 e. The minimum Gasteiger partial charge on any atom is -0.354 e. The Morgan fingerprint density at radius 3 is 2.16 bits per heavy atom. The van der Waals surface area contributed by atoms with Gasteiger partial charge < -0.3 is 10.2 Å². The van der Waals surface area contributed by atoms with Gasteiger partial charge in [0, 0.05) is 13.1 Å². The molecule has 0 saturated carbocycles. The number of benzene rings is 3. The number of carbonyl (C=O) groups excluding carboxylic acids is 2. The van der Waals surface area contributed by atoms with Crippen LogP contribution in [0.15, 0.2) is 83.8 Å². The Balaban J connectivity index is 1.99. The number of unbranched alkanes of at least 4 members (excludes halogenated alkanes) is 1. The highest BCUT2D eigenvalue weighted by atomic mass is 32.2. The van der Waals surface area contributed by atoms with Crippen LogP contribution in [0.25, 0.3) is 0 Å². The number of aryl methyl sites for hydroxylation is 2. The van der Waals surface area contributed by atoms with Crippen molar-refractivity contribution < 1.29 is 18.0 Å². The Morgan fingerprint density at radius 2 is 1.53 bits per heavy atom. The second kappa shape index (κ2) is 13.2. The number of hydrogen-bond donors (Lipinski definition) is 1. The second-order valence-electron chi connectivity index (χ2n) is 9.43. The van der Waals surface area contributed by atoms with Gasteiger partial charge in [0.2, 0.25) is 11.8 Å². The van der Waals surface area contributed by atoms with Gasteiger partial charge in [-0.25, -0.2) is 8.42 Å². The first-order chi connectivity index (χ1) is 18.1. The number of anilines is 1. The van der Waals surface area contributed by atoms with E-state index in [0.29, 0.717) is 12.2 Å². The van der Waals surface area contributed by atoms with E-state index in [-0.39, 0.29) is 17.3 Å². The van der Waals surface area contributed by atoms with E-state index in [1.54, 1.807) is 37.3 Å². The number of sulfonamides is 1. The first kappa shape index (κ1) is 28.9. The highest BCUT2D eigenvalue weighted by Crippen LogP contribution is 2.25. The molecular formula is C30H37N3O4S. The summed E-state index contributed by atoms with van der Waals surface area (Å²) >= 11 is 0. The summed E-state index contributed by atoms with van der Waals surface area (Å²) in [6.07, 6.45) is 1.77. The first-order valence-electron chi connectivity index (χ1n) is 12.9. The third kappa shape index (κ3) is 7.22. The van der Waals surface area contributed by atoms with Gasteiger partial charge in [0.15, 0.2) is 0 Å². The van der Waals surface area contributed by atoms with Crippen LogP contribution in [0.3, 0.4) is 0 Å². The fraction of sp³-hybridized carbons (Fsp3) is 0.333. The van der Waals surface area contributed by atoms with Crippen molar-refractivity contribution in [1.29, 1.82) is 0 Å². The standard InChI is InChI=1S/C30H37N3O4S/c1-5-6-20-31-30(35)25(4)32(21-26-13-11-10-12-24(26)3)29(34)22-33(27-18-16-23(2)17-19-27)38(36,37)28-14-8-7-9-15-28/h7-19,25H,5-6,20-22H2,1-4H3,(H,31,35). The molecule has 0 saturated heterocycles. The second-order valence-corrected chi connectivity index (χ2v) is 11.3. The molecule has 3 aromatic carbocycles. The number of carbonyl (C=O) groups is 2. The van der Waals surface area contributed by atoms with Crippen molar-refractivity contribution in [3.05, 3.63) is 95.6 Å². The molecule has 3 rings (SSSR count). The minimum absolute atomic E-state index is 0.0872. The van der Waals surface area contributed by atoms with Crippen LogP contribution in [0.1, 0.15) is 43.4 Å². The van der Waals surface area contributed by atoms with Crippen molar-refractivity contribution in [2.45, 2.75) is 58.0 Å². The van der Waals surface area contributed by atoms with Crippen molar-refractivity contribution in [2.24, 2.45) is 0 Å². The van der Waals surface area contributed by atoms with Gasteiger partial charge in [-0.05, 0) is 62.6 Å². The Kier molecular flexibility index (Phi) is 10.1. The van der Waals surface area contributed by atoms with E-state index in [2.05, 4.69) is 5.32 Å². The van der Waals surface area contributed by atoms with Crippen molar-refractivity contribution in [3.63, 3.8) is 0 Å². The smallest absolute Gasteiger partial charge is 0.264 e. The number of amides is 2. The molecule has 3 aromatic rings. The molecule has 0 aliphatic rings. The lowest BCUT2D eigenvalue weighted by Crippen LogP contribution is -2.51. The minimum atomic E-state index is -4.05. The summed E-state index contributed by atoms with van der Waals surface area (Å²) in [4.78, 5) is 28.5. The average Bonchev–Trinajstić information content (AvgIpc) is 2.92. The van der Waals surface area contributed by atoms with Gasteiger partial charge in [-0.15, -0.1) is 0 Å². The number of nitrogens with zero attached hydrogens (tertiary/aromatic N) is 2. The summed E-state index contributed by atoms with van der Waals surface area (Å²) < 4.78 is 28.6. The molecule has 8 heteroatoms. The normalized spacial score (nSPS) is 12.0. The van der Waals surface area contributed by atoms with Crippen molar-refractivity contribution in [1.82, 2.24) is 10.2 Å². The highest BCUT2D eigenvalue weighted by Gasteiger charge is 2.32. The molecule has 0 radical (unpaired) electrons. The maximum absolute atomic E-state index is 13.9. The number of rotatable bonds is 12. The molecule has 0 aliphatic heterocycles. The zero-order valence-electron chi connectivity index (χ0n) is 22.6. The van der Waals surface area contributed by atoms with Gasteiger partial charge in [0.05, 0.1) is 10.6 Å². The third-order valence-electron chi connectivity index (χ3n) is 6.53. The highest BCUT2D eigenvalue weighted by molar-refractivity contribution is 7.92. The fourth-order valence-corrected chi connectivity index (χ4v) is 5.48. The summed E-state index contributed by atoms with van der Waals surface area (Å²) in [5, 5.41) is 2.90.